The lowest BCUT2D eigenvalue weighted by molar-refractivity contribution is -0.121. The Hall–Kier alpha value is -2.25. The van der Waals surface area contributed by atoms with Crippen LogP contribution < -0.4 is 5.32 Å². The summed E-state index contributed by atoms with van der Waals surface area (Å²) in [5.74, 6) is 0.0421. The van der Waals surface area contributed by atoms with Crippen LogP contribution in [0.2, 0.25) is 0 Å². The molecular weight excluding hydrogens is 318 g/mol. The highest BCUT2D eigenvalue weighted by atomic mass is 16.5. The van der Waals surface area contributed by atoms with Crippen molar-refractivity contribution >= 4 is 5.91 Å². The van der Waals surface area contributed by atoms with E-state index in [4.69, 9.17) is 4.74 Å². The molecule has 1 atom stereocenters. The van der Waals surface area contributed by atoms with Crippen molar-refractivity contribution in [2.24, 2.45) is 0 Å². The monoisotopic (exact) mass is 343 g/mol. The third-order valence-electron chi connectivity index (χ3n) is 4.41. The van der Waals surface area contributed by atoms with Crippen LogP contribution in [0, 0.1) is 6.92 Å². The first-order chi connectivity index (χ1) is 12.2. The summed E-state index contributed by atoms with van der Waals surface area (Å²) in [5.41, 5.74) is 2.13. The maximum Gasteiger partial charge on any atom is 0.221 e. The van der Waals surface area contributed by atoms with Gasteiger partial charge in [0.15, 0.2) is 0 Å². The average Bonchev–Trinajstić information content (AvgIpc) is 3.07. The van der Waals surface area contributed by atoms with Crippen molar-refractivity contribution in [1.82, 2.24) is 25.0 Å². The predicted octanol–water partition coefficient (Wildman–Crippen LogP) is 1.17. The summed E-state index contributed by atoms with van der Waals surface area (Å²) < 4.78 is 7.25. The number of rotatable bonds is 7. The largest absolute Gasteiger partial charge is 0.379 e. The molecule has 0 radical (unpaired) electrons. The van der Waals surface area contributed by atoms with Gasteiger partial charge in [-0.1, -0.05) is 0 Å². The molecule has 1 aliphatic heterocycles. The summed E-state index contributed by atoms with van der Waals surface area (Å²) in [5, 5.41) is 7.38. The van der Waals surface area contributed by atoms with Gasteiger partial charge >= 0.3 is 0 Å². The first kappa shape index (κ1) is 17.6. The Morgan fingerprint density at radius 3 is 2.72 bits per heavy atom. The van der Waals surface area contributed by atoms with E-state index in [1.54, 1.807) is 17.1 Å². The maximum atomic E-state index is 12.2. The molecule has 0 saturated carbocycles. The van der Waals surface area contributed by atoms with E-state index in [0.29, 0.717) is 19.5 Å². The minimum Gasteiger partial charge on any atom is -0.379 e. The molecule has 2 aromatic rings. The molecule has 1 aliphatic rings. The number of nitrogens with zero attached hydrogens (tertiary/aromatic N) is 4. The molecule has 1 saturated heterocycles. The van der Waals surface area contributed by atoms with Crippen molar-refractivity contribution in [3.05, 3.63) is 48.0 Å². The third-order valence-corrected chi connectivity index (χ3v) is 4.41. The minimum atomic E-state index is 0.0421. The zero-order valence-electron chi connectivity index (χ0n) is 14.6. The number of hydrogen-bond donors (Lipinski definition) is 1. The van der Waals surface area contributed by atoms with Gasteiger partial charge in [-0.2, -0.15) is 5.10 Å². The molecule has 3 heterocycles. The van der Waals surface area contributed by atoms with Gasteiger partial charge in [0.1, 0.15) is 0 Å². The van der Waals surface area contributed by atoms with Crippen LogP contribution in [-0.4, -0.2) is 58.4 Å². The van der Waals surface area contributed by atoms with Crippen LogP contribution in [0.25, 0.3) is 0 Å². The van der Waals surface area contributed by atoms with Crippen LogP contribution in [0.4, 0.5) is 0 Å². The number of ether oxygens (including phenoxy) is 1. The zero-order chi connectivity index (χ0) is 17.5. The van der Waals surface area contributed by atoms with Crippen LogP contribution in [0.15, 0.2) is 36.8 Å². The summed E-state index contributed by atoms with van der Waals surface area (Å²) in [7, 11) is 0. The fourth-order valence-corrected chi connectivity index (χ4v) is 3.04. The topological polar surface area (TPSA) is 72.3 Å². The second kappa shape index (κ2) is 8.73. The summed E-state index contributed by atoms with van der Waals surface area (Å²) >= 11 is 0. The van der Waals surface area contributed by atoms with Crippen LogP contribution in [0.5, 0.6) is 0 Å². The molecule has 3 rings (SSSR count). The molecule has 7 heteroatoms. The highest BCUT2D eigenvalue weighted by molar-refractivity contribution is 5.75. The number of pyridine rings is 1. The molecule has 1 fully saturated rings. The lowest BCUT2D eigenvalue weighted by Gasteiger charge is -2.34. The Bertz CT molecular complexity index is 667. The molecule has 0 aromatic carbocycles. The van der Waals surface area contributed by atoms with Crippen molar-refractivity contribution in [2.75, 3.05) is 32.8 Å². The summed E-state index contributed by atoms with van der Waals surface area (Å²) in [6.45, 7) is 6.32. The summed E-state index contributed by atoms with van der Waals surface area (Å²) in [6, 6.07) is 6.11. The fourth-order valence-electron chi connectivity index (χ4n) is 3.04. The van der Waals surface area contributed by atoms with Gasteiger partial charge in [-0.05, 0) is 30.7 Å². The highest BCUT2D eigenvalue weighted by Crippen LogP contribution is 2.20. The van der Waals surface area contributed by atoms with E-state index >= 15 is 0 Å². The maximum absolute atomic E-state index is 12.2. The molecular formula is C18H25N5O2. The van der Waals surface area contributed by atoms with Crippen LogP contribution >= 0.6 is 0 Å². The standard InChI is InChI=1S/C18H25N5O2/c1-15-4-8-23(21-15)9-5-18(24)20-14-17(16-2-6-19-7-3-16)22-10-12-25-13-11-22/h2-4,6-8,17H,5,9-14H2,1H3,(H,20,24)/t17-/m0/s1. The second-order valence-corrected chi connectivity index (χ2v) is 6.22. The van der Waals surface area contributed by atoms with Gasteiger partial charge in [-0.15, -0.1) is 0 Å². The van der Waals surface area contributed by atoms with Crippen LogP contribution in [-0.2, 0) is 16.1 Å². The van der Waals surface area contributed by atoms with E-state index in [0.717, 1.165) is 32.0 Å². The number of morpholine rings is 1. The number of aryl methyl sites for hydroxylation is 2. The van der Waals surface area contributed by atoms with Crippen molar-refractivity contribution in [1.29, 1.82) is 0 Å². The van der Waals surface area contributed by atoms with Crippen molar-refractivity contribution in [3.63, 3.8) is 0 Å². The Kier molecular flexibility index (Phi) is 6.14. The average molecular weight is 343 g/mol. The Labute approximate surface area is 148 Å². The Morgan fingerprint density at radius 2 is 2.04 bits per heavy atom. The SMILES string of the molecule is Cc1ccn(CCC(=O)NC[C@@H](c2ccncc2)N2CCOCC2)n1. The molecule has 0 aliphatic carbocycles. The van der Waals surface area contributed by atoms with E-state index in [-0.39, 0.29) is 11.9 Å². The van der Waals surface area contributed by atoms with Crippen molar-refractivity contribution < 1.29 is 9.53 Å². The lowest BCUT2D eigenvalue weighted by Crippen LogP contribution is -2.43. The van der Waals surface area contributed by atoms with Gasteiger partial charge in [0.05, 0.1) is 24.9 Å². The number of aromatic nitrogens is 3. The molecule has 1 amide bonds. The van der Waals surface area contributed by atoms with E-state index in [2.05, 4.69) is 20.3 Å². The molecule has 134 valence electrons. The Balaban J connectivity index is 1.55. The number of carbonyl (C=O) groups is 1. The first-order valence-electron chi connectivity index (χ1n) is 8.71. The van der Waals surface area contributed by atoms with Crippen molar-refractivity contribution in [3.8, 4) is 0 Å². The second-order valence-electron chi connectivity index (χ2n) is 6.22. The highest BCUT2D eigenvalue weighted by Gasteiger charge is 2.23. The summed E-state index contributed by atoms with van der Waals surface area (Å²) in [6.07, 6.45) is 5.92. The van der Waals surface area contributed by atoms with Crippen molar-refractivity contribution in [2.45, 2.75) is 25.9 Å². The van der Waals surface area contributed by atoms with E-state index in [9.17, 15) is 4.79 Å². The molecule has 7 nitrogen and oxygen atoms in total. The smallest absolute Gasteiger partial charge is 0.221 e. The van der Waals surface area contributed by atoms with Crippen LogP contribution in [0.1, 0.15) is 23.7 Å². The lowest BCUT2D eigenvalue weighted by atomic mass is 10.1. The quantitative estimate of drug-likeness (QED) is 0.817. The number of nitrogens with one attached hydrogen (secondary N) is 1. The molecule has 1 N–H and O–H groups in total. The molecule has 2 aromatic heterocycles. The molecule has 0 unspecified atom stereocenters. The van der Waals surface area contributed by atoms with Crippen LogP contribution in [0.3, 0.4) is 0 Å². The van der Waals surface area contributed by atoms with Gasteiger partial charge in [0.2, 0.25) is 5.91 Å². The number of carbonyl (C=O) groups excluding carboxylic acids is 1. The normalized spacial score (nSPS) is 16.5. The summed E-state index contributed by atoms with van der Waals surface area (Å²) in [4.78, 5) is 18.7. The van der Waals surface area contributed by atoms with Gasteiger partial charge in [0.25, 0.3) is 0 Å². The number of hydrogen-bond acceptors (Lipinski definition) is 5. The molecule has 0 spiro atoms. The van der Waals surface area contributed by atoms with E-state index < -0.39 is 0 Å². The van der Waals surface area contributed by atoms with E-state index in [1.807, 2.05) is 31.3 Å². The van der Waals surface area contributed by atoms with Gasteiger partial charge in [-0.3, -0.25) is 19.4 Å². The third kappa shape index (κ3) is 5.11. The zero-order valence-corrected chi connectivity index (χ0v) is 14.6. The van der Waals surface area contributed by atoms with Gasteiger partial charge < -0.3 is 10.1 Å². The Morgan fingerprint density at radius 1 is 1.28 bits per heavy atom. The number of amides is 1. The molecule has 0 bridgehead atoms. The molecule has 25 heavy (non-hydrogen) atoms. The van der Waals surface area contributed by atoms with E-state index in [1.165, 1.54) is 5.56 Å². The van der Waals surface area contributed by atoms with Gasteiger partial charge in [0, 0.05) is 51.2 Å². The predicted molar refractivity (Wildman–Crippen MR) is 94.0 cm³/mol. The van der Waals surface area contributed by atoms with Gasteiger partial charge in [-0.25, -0.2) is 0 Å². The minimum absolute atomic E-state index is 0.0421. The first-order valence-corrected chi connectivity index (χ1v) is 8.71. The fraction of sp³-hybridized carbons (Fsp3) is 0.500.